The summed E-state index contributed by atoms with van der Waals surface area (Å²) in [5.41, 5.74) is 4.75. The van der Waals surface area contributed by atoms with Crippen LogP contribution in [-0.2, 0) is 17.9 Å². The summed E-state index contributed by atoms with van der Waals surface area (Å²) in [5.74, 6) is 0.475. The van der Waals surface area contributed by atoms with Crippen molar-refractivity contribution in [1.82, 2.24) is 24.4 Å². The summed E-state index contributed by atoms with van der Waals surface area (Å²) in [7, 11) is 1.73. The average molecular weight is 436 g/mol. The van der Waals surface area contributed by atoms with Crippen LogP contribution in [0.1, 0.15) is 28.6 Å². The molecule has 8 heteroatoms. The fourth-order valence-corrected chi connectivity index (χ4v) is 4.43. The van der Waals surface area contributed by atoms with Crippen molar-refractivity contribution in [2.45, 2.75) is 40.3 Å². The summed E-state index contributed by atoms with van der Waals surface area (Å²) in [6.45, 7) is 6.96. The van der Waals surface area contributed by atoms with E-state index >= 15 is 0 Å². The predicted octanol–water partition coefficient (Wildman–Crippen LogP) is 3.82. The van der Waals surface area contributed by atoms with Crippen molar-refractivity contribution in [3.8, 4) is 11.3 Å². The van der Waals surface area contributed by atoms with Crippen molar-refractivity contribution < 1.29 is 4.79 Å². The number of aromatic amines is 1. The summed E-state index contributed by atoms with van der Waals surface area (Å²) in [5, 5.41) is 3.65. The minimum atomic E-state index is -0.190. The number of para-hydroxylation sites is 1. The Labute approximate surface area is 184 Å². The number of carbonyl (C=O) groups excluding carboxylic acids is 1. The van der Waals surface area contributed by atoms with Gasteiger partial charge in [-0.3, -0.25) is 9.59 Å². The molecule has 1 amide bonds. The molecule has 0 aliphatic carbocycles. The minimum absolute atomic E-state index is 0.00522. The minimum Gasteiger partial charge on any atom is -0.348 e. The predicted molar refractivity (Wildman–Crippen MR) is 123 cm³/mol. The molecule has 0 aliphatic rings. The van der Waals surface area contributed by atoms with Gasteiger partial charge in [0.1, 0.15) is 5.82 Å². The quantitative estimate of drug-likeness (QED) is 0.499. The SMILES string of the molecule is Cc1nc(-c2cc(C)n(CCC(=O)N(C)Cc3nc4ccccc4c(=O)[nH]3)c2C)cs1. The zero-order chi connectivity index (χ0) is 22.1. The lowest BCUT2D eigenvalue weighted by Gasteiger charge is -2.18. The number of amides is 1. The maximum atomic E-state index is 12.8. The first kappa shape index (κ1) is 21.0. The molecule has 1 aromatic carbocycles. The van der Waals surface area contributed by atoms with E-state index in [1.54, 1.807) is 41.5 Å². The monoisotopic (exact) mass is 435 g/mol. The number of nitrogens with one attached hydrogen (secondary N) is 1. The fraction of sp³-hybridized carbons (Fsp3) is 0.304. The molecule has 1 N–H and O–H groups in total. The number of H-pyrrole nitrogens is 1. The highest BCUT2D eigenvalue weighted by atomic mass is 32.1. The molecule has 0 aliphatic heterocycles. The largest absolute Gasteiger partial charge is 0.348 e. The molecule has 4 aromatic rings. The van der Waals surface area contributed by atoms with E-state index in [1.807, 2.05) is 19.9 Å². The van der Waals surface area contributed by atoms with Crippen LogP contribution in [0.4, 0.5) is 0 Å². The summed E-state index contributed by atoms with van der Waals surface area (Å²) < 4.78 is 2.16. The van der Waals surface area contributed by atoms with E-state index in [2.05, 4.69) is 37.9 Å². The first-order valence-corrected chi connectivity index (χ1v) is 11.0. The normalized spacial score (nSPS) is 11.2. The highest BCUT2D eigenvalue weighted by Gasteiger charge is 2.16. The third-order valence-corrected chi connectivity index (χ3v) is 6.27. The number of aromatic nitrogens is 4. The fourth-order valence-electron chi connectivity index (χ4n) is 3.81. The molecule has 0 fully saturated rings. The summed E-state index contributed by atoms with van der Waals surface area (Å²) in [6.07, 6.45) is 0.361. The Balaban J connectivity index is 1.44. The molecule has 0 spiro atoms. The number of thiazole rings is 1. The van der Waals surface area contributed by atoms with Gasteiger partial charge in [0.05, 0.1) is 28.1 Å². The third-order valence-electron chi connectivity index (χ3n) is 5.49. The number of hydrogen-bond acceptors (Lipinski definition) is 5. The van der Waals surface area contributed by atoms with Crippen molar-refractivity contribution >= 4 is 28.1 Å². The molecule has 0 saturated carbocycles. The van der Waals surface area contributed by atoms with Gasteiger partial charge in [-0.15, -0.1) is 11.3 Å². The molecule has 3 aromatic heterocycles. The van der Waals surface area contributed by atoms with Crippen molar-refractivity contribution in [1.29, 1.82) is 0 Å². The average Bonchev–Trinajstić information content (AvgIpc) is 3.29. The lowest BCUT2D eigenvalue weighted by molar-refractivity contribution is -0.130. The number of rotatable bonds is 6. The number of carbonyl (C=O) groups is 1. The number of aryl methyl sites for hydroxylation is 2. The maximum Gasteiger partial charge on any atom is 0.258 e. The van der Waals surface area contributed by atoms with E-state index in [-0.39, 0.29) is 18.0 Å². The third kappa shape index (κ3) is 4.29. The number of fused-ring (bicyclic) bond motifs is 1. The van der Waals surface area contributed by atoms with Crippen LogP contribution in [0.25, 0.3) is 22.2 Å². The lowest BCUT2D eigenvalue weighted by atomic mass is 10.2. The Morgan fingerprint density at radius 2 is 1.97 bits per heavy atom. The number of benzene rings is 1. The van der Waals surface area contributed by atoms with Crippen LogP contribution < -0.4 is 5.56 Å². The highest BCUT2D eigenvalue weighted by Crippen LogP contribution is 2.28. The summed E-state index contributed by atoms with van der Waals surface area (Å²) >= 11 is 1.64. The second-order valence-electron chi connectivity index (χ2n) is 7.72. The van der Waals surface area contributed by atoms with E-state index in [0.717, 1.165) is 27.7 Å². The molecule has 0 radical (unpaired) electrons. The van der Waals surface area contributed by atoms with Crippen molar-refractivity contribution in [3.63, 3.8) is 0 Å². The first-order valence-electron chi connectivity index (χ1n) is 10.1. The van der Waals surface area contributed by atoms with Gasteiger partial charge in [0, 0.05) is 42.3 Å². The smallest absolute Gasteiger partial charge is 0.258 e. The molecule has 160 valence electrons. The Kier molecular flexibility index (Phi) is 5.73. The van der Waals surface area contributed by atoms with Crippen LogP contribution in [0.3, 0.4) is 0 Å². The molecule has 7 nitrogen and oxygen atoms in total. The molecule has 3 heterocycles. The van der Waals surface area contributed by atoms with Crippen LogP contribution in [0.5, 0.6) is 0 Å². The molecule has 4 rings (SSSR count). The van der Waals surface area contributed by atoms with Gasteiger partial charge in [0.25, 0.3) is 5.56 Å². The Morgan fingerprint density at radius 1 is 1.19 bits per heavy atom. The zero-order valence-corrected chi connectivity index (χ0v) is 18.9. The van der Waals surface area contributed by atoms with Gasteiger partial charge in [-0.25, -0.2) is 9.97 Å². The van der Waals surface area contributed by atoms with Crippen molar-refractivity contribution in [3.05, 3.63) is 68.3 Å². The van der Waals surface area contributed by atoms with Gasteiger partial charge in [0.2, 0.25) is 5.91 Å². The van der Waals surface area contributed by atoms with Crippen LogP contribution in [-0.4, -0.2) is 37.4 Å². The Bertz CT molecular complexity index is 1320. The molecule has 0 atom stereocenters. The van der Waals surface area contributed by atoms with E-state index in [9.17, 15) is 9.59 Å². The second-order valence-corrected chi connectivity index (χ2v) is 8.78. The van der Waals surface area contributed by atoms with Crippen molar-refractivity contribution in [2.75, 3.05) is 7.05 Å². The molecule has 0 unspecified atom stereocenters. The van der Waals surface area contributed by atoms with Crippen LogP contribution >= 0.6 is 11.3 Å². The van der Waals surface area contributed by atoms with Crippen molar-refractivity contribution in [2.24, 2.45) is 0 Å². The summed E-state index contributed by atoms with van der Waals surface area (Å²) in [4.78, 5) is 38.5. The number of hydrogen-bond donors (Lipinski definition) is 1. The molecule has 0 saturated heterocycles. The van der Waals surface area contributed by atoms with Crippen LogP contribution in [0.2, 0.25) is 0 Å². The van der Waals surface area contributed by atoms with E-state index in [4.69, 9.17) is 0 Å². The van der Waals surface area contributed by atoms with Gasteiger partial charge < -0.3 is 14.5 Å². The van der Waals surface area contributed by atoms with Gasteiger partial charge in [0.15, 0.2) is 0 Å². The van der Waals surface area contributed by atoms with Crippen LogP contribution in [0.15, 0.2) is 40.5 Å². The maximum absolute atomic E-state index is 12.8. The van der Waals surface area contributed by atoms with E-state index < -0.39 is 0 Å². The molecule has 0 bridgehead atoms. The molecular weight excluding hydrogens is 410 g/mol. The zero-order valence-electron chi connectivity index (χ0n) is 18.1. The Hall–Kier alpha value is -3.26. The van der Waals surface area contributed by atoms with Gasteiger partial charge >= 0.3 is 0 Å². The highest BCUT2D eigenvalue weighted by molar-refractivity contribution is 7.09. The van der Waals surface area contributed by atoms with E-state index in [1.165, 1.54) is 0 Å². The summed E-state index contributed by atoms with van der Waals surface area (Å²) in [6, 6.07) is 9.32. The van der Waals surface area contributed by atoms with Gasteiger partial charge in [-0.1, -0.05) is 12.1 Å². The lowest BCUT2D eigenvalue weighted by Crippen LogP contribution is -2.29. The van der Waals surface area contributed by atoms with Crippen LogP contribution in [0, 0.1) is 20.8 Å². The standard InChI is InChI=1S/C23H25N5O2S/c1-14-11-18(20-13-31-16(3)24-20)15(2)28(14)10-9-22(29)27(4)12-21-25-19-8-6-5-7-17(19)23(30)26-21/h5-8,11,13H,9-10,12H2,1-4H3,(H,25,26,30). The molecule has 31 heavy (non-hydrogen) atoms. The molecular formula is C23H25N5O2S. The van der Waals surface area contributed by atoms with Gasteiger partial charge in [-0.2, -0.15) is 0 Å². The van der Waals surface area contributed by atoms with E-state index in [0.29, 0.717) is 29.7 Å². The first-order chi connectivity index (χ1) is 14.8. The second kappa shape index (κ2) is 8.47. The Morgan fingerprint density at radius 3 is 2.71 bits per heavy atom. The van der Waals surface area contributed by atoms with Gasteiger partial charge in [-0.05, 0) is 39.0 Å². The number of nitrogens with zero attached hydrogens (tertiary/aromatic N) is 4. The topological polar surface area (TPSA) is 83.9 Å².